The van der Waals surface area contributed by atoms with Crippen molar-refractivity contribution in [2.45, 2.75) is 19.0 Å². The summed E-state index contributed by atoms with van der Waals surface area (Å²) in [4.78, 5) is 23.6. The van der Waals surface area contributed by atoms with E-state index in [4.69, 9.17) is 5.11 Å². The first-order chi connectivity index (χ1) is 10.6. The van der Waals surface area contributed by atoms with Gasteiger partial charge in [0, 0.05) is 27.1 Å². The molecule has 0 atom stereocenters. The van der Waals surface area contributed by atoms with E-state index < -0.39 is 23.7 Å². The lowest BCUT2D eigenvalue weighted by atomic mass is 10.1. The lowest BCUT2D eigenvalue weighted by Gasteiger charge is -2.20. The molecule has 1 aromatic rings. The lowest BCUT2D eigenvalue weighted by molar-refractivity contribution is -0.138. The molecule has 0 unspecified atom stereocenters. The fraction of sp³-hybridized carbons (Fsp3) is 0.429. The molecule has 1 aromatic carbocycles. The third kappa shape index (κ3) is 6.05. The summed E-state index contributed by atoms with van der Waals surface area (Å²) in [6.07, 6.45) is -4.39. The predicted molar refractivity (Wildman–Crippen MR) is 79.7 cm³/mol. The summed E-state index contributed by atoms with van der Waals surface area (Å²) in [5.74, 6) is -0.986. The van der Waals surface area contributed by atoms with Crippen LogP contribution in [0.1, 0.15) is 18.4 Å². The number of carbonyl (C=O) groups excluding carboxylic acids is 1. The fourth-order valence-electron chi connectivity index (χ4n) is 1.81. The van der Waals surface area contributed by atoms with Crippen molar-refractivity contribution in [2.75, 3.05) is 30.9 Å². The summed E-state index contributed by atoms with van der Waals surface area (Å²) in [5.41, 5.74) is -0.441. The number of hydrogen-bond donors (Lipinski definition) is 3. The van der Waals surface area contributed by atoms with Crippen LogP contribution in [0.2, 0.25) is 0 Å². The highest BCUT2D eigenvalue weighted by Crippen LogP contribution is 2.34. The zero-order valence-corrected chi connectivity index (χ0v) is 12.7. The number of urea groups is 1. The smallest absolute Gasteiger partial charge is 0.416 e. The highest BCUT2D eigenvalue weighted by molar-refractivity contribution is 5.93. The Morgan fingerprint density at radius 3 is 2.43 bits per heavy atom. The molecule has 128 valence electrons. The molecule has 0 spiro atoms. The fourth-order valence-corrected chi connectivity index (χ4v) is 1.81. The highest BCUT2D eigenvalue weighted by Gasteiger charge is 2.31. The molecular weight excluding hydrogens is 315 g/mol. The average molecular weight is 333 g/mol. The summed E-state index contributed by atoms with van der Waals surface area (Å²) in [5, 5.41) is 13.2. The van der Waals surface area contributed by atoms with E-state index in [1.807, 2.05) is 0 Å². The number of anilines is 2. The number of halogens is 3. The number of carboxylic acid groups (broad SMARTS) is 1. The molecule has 0 aromatic heterocycles. The van der Waals surface area contributed by atoms with Crippen LogP contribution in [-0.4, -0.2) is 37.7 Å². The Morgan fingerprint density at radius 1 is 1.26 bits per heavy atom. The van der Waals surface area contributed by atoms with E-state index in [1.54, 1.807) is 19.0 Å². The molecule has 6 nitrogen and oxygen atoms in total. The van der Waals surface area contributed by atoms with Crippen molar-refractivity contribution in [3.63, 3.8) is 0 Å². The van der Waals surface area contributed by atoms with Crippen LogP contribution in [0.3, 0.4) is 0 Å². The minimum Gasteiger partial charge on any atom is -0.481 e. The number of rotatable bonds is 6. The molecule has 0 aliphatic carbocycles. The number of nitrogens with zero attached hydrogens (tertiary/aromatic N) is 1. The predicted octanol–water partition coefficient (Wildman–Crippen LogP) is 2.76. The number of aliphatic carboxylic acids is 1. The third-order valence-corrected chi connectivity index (χ3v) is 2.91. The van der Waals surface area contributed by atoms with Crippen LogP contribution in [0, 0.1) is 0 Å². The summed E-state index contributed by atoms with van der Waals surface area (Å²) in [6, 6.07) is 2.36. The molecule has 0 fully saturated rings. The Kier molecular flexibility index (Phi) is 6.23. The van der Waals surface area contributed by atoms with E-state index in [0.717, 1.165) is 12.1 Å². The van der Waals surface area contributed by atoms with E-state index in [1.165, 1.54) is 6.07 Å². The maximum atomic E-state index is 12.8. The SMILES string of the molecule is CN(C)c1ccc(C(F)(F)F)cc1NC(=O)NCCCC(=O)O. The molecule has 0 saturated carbocycles. The van der Waals surface area contributed by atoms with Gasteiger partial charge in [0.2, 0.25) is 0 Å². The van der Waals surface area contributed by atoms with E-state index in [-0.39, 0.29) is 25.1 Å². The van der Waals surface area contributed by atoms with Gasteiger partial charge in [-0.25, -0.2) is 4.79 Å². The molecule has 0 saturated heterocycles. The number of nitrogens with one attached hydrogen (secondary N) is 2. The molecule has 23 heavy (non-hydrogen) atoms. The molecule has 0 aliphatic rings. The van der Waals surface area contributed by atoms with Gasteiger partial charge in [0.15, 0.2) is 0 Å². The molecule has 0 bridgehead atoms. The van der Waals surface area contributed by atoms with Crippen molar-refractivity contribution in [3.05, 3.63) is 23.8 Å². The second-order valence-electron chi connectivity index (χ2n) is 5.00. The molecule has 0 heterocycles. The number of benzene rings is 1. The zero-order chi connectivity index (χ0) is 17.6. The second-order valence-corrected chi connectivity index (χ2v) is 5.00. The van der Waals surface area contributed by atoms with Crippen LogP contribution < -0.4 is 15.5 Å². The summed E-state index contributed by atoms with van der Waals surface area (Å²) >= 11 is 0. The van der Waals surface area contributed by atoms with Crippen LogP contribution >= 0.6 is 0 Å². The first kappa shape index (κ1) is 18.6. The molecule has 3 N–H and O–H groups in total. The molecule has 1 rings (SSSR count). The van der Waals surface area contributed by atoms with Gasteiger partial charge in [0.25, 0.3) is 0 Å². The number of alkyl halides is 3. The van der Waals surface area contributed by atoms with Gasteiger partial charge in [-0.2, -0.15) is 13.2 Å². The van der Waals surface area contributed by atoms with Gasteiger partial charge in [0.05, 0.1) is 16.9 Å². The van der Waals surface area contributed by atoms with Gasteiger partial charge in [0.1, 0.15) is 0 Å². The van der Waals surface area contributed by atoms with E-state index >= 15 is 0 Å². The van der Waals surface area contributed by atoms with Crippen LogP contribution in [0.4, 0.5) is 29.3 Å². The van der Waals surface area contributed by atoms with Crippen LogP contribution in [0.25, 0.3) is 0 Å². The topological polar surface area (TPSA) is 81.7 Å². The Morgan fingerprint density at radius 2 is 1.91 bits per heavy atom. The van der Waals surface area contributed by atoms with Crippen molar-refractivity contribution in [3.8, 4) is 0 Å². The molecular formula is C14H18F3N3O3. The lowest BCUT2D eigenvalue weighted by Crippen LogP contribution is -2.30. The van der Waals surface area contributed by atoms with Crippen LogP contribution in [-0.2, 0) is 11.0 Å². The summed E-state index contributed by atoms with van der Waals surface area (Å²) in [7, 11) is 3.27. The first-order valence-corrected chi connectivity index (χ1v) is 6.76. The van der Waals surface area contributed by atoms with Crippen molar-refractivity contribution in [1.29, 1.82) is 0 Å². The maximum absolute atomic E-state index is 12.8. The third-order valence-electron chi connectivity index (χ3n) is 2.91. The van der Waals surface area contributed by atoms with E-state index in [2.05, 4.69) is 10.6 Å². The summed E-state index contributed by atoms with van der Waals surface area (Å²) in [6.45, 7) is 0.106. The molecule has 0 aliphatic heterocycles. The van der Waals surface area contributed by atoms with Crippen LogP contribution in [0.15, 0.2) is 18.2 Å². The Bertz CT molecular complexity index is 574. The monoisotopic (exact) mass is 333 g/mol. The van der Waals surface area contributed by atoms with Gasteiger partial charge in [-0.15, -0.1) is 0 Å². The molecule has 2 amide bonds. The maximum Gasteiger partial charge on any atom is 0.416 e. The van der Waals surface area contributed by atoms with Crippen molar-refractivity contribution < 1.29 is 27.9 Å². The number of amides is 2. The highest BCUT2D eigenvalue weighted by atomic mass is 19.4. The van der Waals surface area contributed by atoms with Gasteiger partial charge in [-0.1, -0.05) is 0 Å². The Labute approximate surface area is 131 Å². The minimum atomic E-state index is -4.51. The van der Waals surface area contributed by atoms with Crippen LogP contribution in [0.5, 0.6) is 0 Å². The first-order valence-electron chi connectivity index (χ1n) is 6.76. The Hall–Kier alpha value is -2.45. The number of carbonyl (C=O) groups is 2. The van der Waals surface area contributed by atoms with Gasteiger partial charge >= 0.3 is 18.2 Å². The van der Waals surface area contributed by atoms with Crippen molar-refractivity contribution in [1.82, 2.24) is 5.32 Å². The standard InChI is InChI=1S/C14H18F3N3O3/c1-20(2)11-6-5-9(14(15,16)17)8-10(11)19-13(23)18-7-3-4-12(21)22/h5-6,8H,3-4,7H2,1-2H3,(H,21,22)(H2,18,19,23). The average Bonchev–Trinajstić information content (AvgIpc) is 2.42. The second kappa shape index (κ2) is 7.70. The molecule has 0 radical (unpaired) electrons. The van der Waals surface area contributed by atoms with Crippen molar-refractivity contribution in [2.24, 2.45) is 0 Å². The van der Waals surface area contributed by atoms with Gasteiger partial charge in [-0.05, 0) is 24.6 Å². The largest absolute Gasteiger partial charge is 0.481 e. The normalized spacial score (nSPS) is 11.0. The quantitative estimate of drug-likeness (QED) is 0.699. The minimum absolute atomic E-state index is 0.0144. The summed E-state index contributed by atoms with van der Waals surface area (Å²) < 4.78 is 38.3. The Balaban J connectivity index is 2.80. The van der Waals surface area contributed by atoms with Gasteiger partial charge in [-0.3, -0.25) is 4.79 Å². The molecule has 9 heteroatoms. The van der Waals surface area contributed by atoms with E-state index in [9.17, 15) is 22.8 Å². The number of hydrogen-bond acceptors (Lipinski definition) is 3. The van der Waals surface area contributed by atoms with Gasteiger partial charge < -0.3 is 20.6 Å². The van der Waals surface area contributed by atoms with Crippen molar-refractivity contribution >= 4 is 23.4 Å². The van der Waals surface area contributed by atoms with E-state index in [0.29, 0.717) is 5.69 Å². The zero-order valence-electron chi connectivity index (χ0n) is 12.7. The number of carboxylic acids is 1.